The highest BCUT2D eigenvalue weighted by atomic mass is 16.3. The van der Waals surface area contributed by atoms with Crippen LogP contribution in [-0.2, 0) is 4.79 Å². The number of carbonyl (C=O) groups excluding carboxylic acids is 1. The molecule has 19 heavy (non-hydrogen) atoms. The van der Waals surface area contributed by atoms with Crippen LogP contribution in [0.4, 0.5) is 0 Å². The Kier molecular flexibility index (Phi) is 8.76. The highest BCUT2D eigenvalue weighted by Gasteiger charge is 2.18. The van der Waals surface area contributed by atoms with Crippen molar-refractivity contribution in [2.45, 2.75) is 70.3 Å². The first-order valence-electron chi connectivity index (χ1n) is 7.72. The number of aliphatic hydroxyl groups excluding tert-OH is 2. The number of Topliss-reactive ketones (excluding diaryl/α,β-unsaturated/α-hetero) is 1. The number of hydrogen-bond acceptors (Lipinski definition) is 3. The van der Waals surface area contributed by atoms with E-state index in [0.29, 0.717) is 18.1 Å². The highest BCUT2D eigenvalue weighted by Crippen LogP contribution is 2.24. The molecule has 1 aliphatic rings. The van der Waals surface area contributed by atoms with Crippen molar-refractivity contribution in [2.24, 2.45) is 5.92 Å². The summed E-state index contributed by atoms with van der Waals surface area (Å²) in [4.78, 5) is 12.1. The molecule has 0 aromatic rings. The fourth-order valence-corrected chi connectivity index (χ4v) is 2.69. The molecule has 1 aliphatic carbocycles. The third kappa shape index (κ3) is 7.48. The lowest BCUT2D eigenvalue weighted by Crippen LogP contribution is -2.15. The summed E-state index contributed by atoms with van der Waals surface area (Å²) in [6.07, 6.45) is 13.5. The molecule has 0 aromatic heterocycles. The molecule has 3 heteroatoms. The summed E-state index contributed by atoms with van der Waals surface area (Å²) in [5.74, 6) is 0.727. The van der Waals surface area contributed by atoms with E-state index in [2.05, 4.69) is 0 Å². The minimum Gasteiger partial charge on any atom is -0.393 e. The lowest BCUT2D eigenvalue weighted by Gasteiger charge is -2.18. The first kappa shape index (κ1) is 16.4. The van der Waals surface area contributed by atoms with Gasteiger partial charge in [0.15, 0.2) is 0 Å². The van der Waals surface area contributed by atoms with Crippen LogP contribution in [0.1, 0.15) is 64.2 Å². The number of ketones is 1. The number of hydrogen-bond donors (Lipinski definition) is 2. The van der Waals surface area contributed by atoms with Crippen molar-refractivity contribution in [3.63, 3.8) is 0 Å². The quantitative estimate of drug-likeness (QED) is 0.551. The molecule has 1 rings (SSSR count). The summed E-state index contributed by atoms with van der Waals surface area (Å²) < 4.78 is 0. The Morgan fingerprint density at radius 2 is 1.79 bits per heavy atom. The van der Waals surface area contributed by atoms with E-state index in [-0.39, 0.29) is 6.61 Å². The fourth-order valence-electron chi connectivity index (χ4n) is 2.69. The maximum atomic E-state index is 12.1. The first-order chi connectivity index (χ1) is 9.24. The van der Waals surface area contributed by atoms with Gasteiger partial charge in [-0.2, -0.15) is 0 Å². The normalized spacial score (nSPS) is 20.1. The zero-order valence-corrected chi connectivity index (χ0v) is 11.9. The molecule has 3 nitrogen and oxygen atoms in total. The molecule has 0 radical (unpaired) electrons. The lowest BCUT2D eigenvalue weighted by molar-refractivity contribution is -0.123. The van der Waals surface area contributed by atoms with Crippen molar-refractivity contribution in [1.82, 2.24) is 0 Å². The van der Waals surface area contributed by atoms with Crippen LogP contribution in [0.2, 0.25) is 0 Å². The zero-order valence-electron chi connectivity index (χ0n) is 11.9. The predicted molar refractivity (Wildman–Crippen MR) is 76.9 cm³/mol. The second kappa shape index (κ2) is 10.2. The molecule has 0 saturated heterocycles. The Morgan fingerprint density at radius 3 is 2.42 bits per heavy atom. The van der Waals surface area contributed by atoms with Gasteiger partial charge in [0.05, 0.1) is 12.7 Å². The minimum absolute atomic E-state index is 0.239. The summed E-state index contributed by atoms with van der Waals surface area (Å²) >= 11 is 0. The average Bonchev–Trinajstić information content (AvgIpc) is 2.37. The Labute approximate surface area is 116 Å². The molecular formula is C16H28O3. The van der Waals surface area contributed by atoms with E-state index in [4.69, 9.17) is 10.2 Å². The molecular weight excluding hydrogens is 240 g/mol. The van der Waals surface area contributed by atoms with E-state index in [0.717, 1.165) is 25.7 Å². The minimum atomic E-state index is -0.763. The summed E-state index contributed by atoms with van der Waals surface area (Å²) in [7, 11) is 0. The maximum absolute atomic E-state index is 12.1. The molecule has 1 saturated carbocycles. The second-order valence-electron chi connectivity index (χ2n) is 5.58. The summed E-state index contributed by atoms with van der Waals surface area (Å²) in [5, 5.41) is 17.8. The summed E-state index contributed by atoms with van der Waals surface area (Å²) in [5.41, 5.74) is 0. The van der Waals surface area contributed by atoms with Crippen molar-refractivity contribution in [2.75, 3.05) is 6.61 Å². The molecule has 2 N–H and O–H groups in total. The van der Waals surface area contributed by atoms with Crippen LogP contribution >= 0.6 is 0 Å². The van der Waals surface area contributed by atoms with Gasteiger partial charge in [-0.15, -0.1) is 0 Å². The van der Waals surface area contributed by atoms with Gasteiger partial charge in [0.1, 0.15) is 5.78 Å². The summed E-state index contributed by atoms with van der Waals surface area (Å²) in [6, 6.07) is 0. The van der Waals surface area contributed by atoms with E-state index in [1.807, 2.05) is 6.08 Å². The zero-order chi connectivity index (χ0) is 13.9. The van der Waals surface area contributed by atoms with Gasteiger partial charge in [-0.1, -0.05) is 44.3 Å². The molecule has 110 valence electrons. The third-order valence-corrected chi connectivity index (χ3v) is 3.90. The number of carbonyl (C=O) groups is 1. The second-order valence-corrected chi connectivity index (χ2v) is 5.58. The van der Waals surface area contributed by atoms with E-state index >= 15 is 0 Å². The average molecular weight is 268 g/mol. The van der Waals surface area contributed by atoms with Crippen molar-refractivity contribution < 1.29 is 15.0 Å². The number of allylic oxidation sites excluding steroid dienone is 1. The van der Waals surface area contributed by atoms with Crippen molar-refractivity contribution in [1.29, 1.82) is 0 Å². The van der Waals surface area contributed by atoms with Gasteiger partial charge in [0, 0.05) is 12.3 Å². The van der Waals surface area contributed by atoms with Crippen LogP contribution in [0.3, 0.4) is 0 Å². The topological polar surface area (TPSA) is 57.5 Å². The first-order valence-corrected chi connectivity index (χ1v) is 7.72. The molecule has 0 spiro atoms. The van der Waals surface area contributed by atoms with Crippen molar-refractivity contribution in [3.05, 3.63) is 12.2 Å². The molecule has 0 bridgehead atoms. The monoisotopic (exact) mass is 268 g/mol. The number of rotatable bonds is 7. The van der Waals surface area contributed by atoms with Crippen LogP contribution in [0.5, 0.6) is 0 Å². The van der Waals surface area contributed by atoms with Gasteiger partial charge in [-0.05, 0) is 25.7 Å². The fraction of sp³-hybridized carbons (Fsp3) is 0.812. The van der Waals surface area contributed by atoms with E-state index < -0.39 is 6.10 Å². The highest BCUT2D eigenvalue weighted by molar-refractivity contribution is 5.80. The predicted octanol–water partition coefficient (Wildman–Crippen LogP) is 3.00. The summed E-state index contributed by atoms with van der Waals surface area (Å²) in [6.45, 7) is -0.239. The maximum Gasteiger partial charge on any atom is 0.135 e. The van der Waals surface area contributed by atoms with Gasteiger partial charge in [-0.3, -0.25) is 4.79 Å². The third-order valence-electron chi connectivity index (χ3n) is 3.90. The van der Waals surface area contributed by atoms with Crippen molar-refractivity contribution in [3.8, 4) is 0 Å². The van der Waals surface area contributed by atoms with Crippen LogP contribution in [0.15, 0.2) is 12.2 Å². The number of unbranched alkanes of at least 4 members (excludes halogenated alkanes) is 1. The van der Waals surface area contributed by atoms with Crippen LogP contribution < -0.4 is 0 Å². The van der Waals surface area contributed by atoms with Gasteiger partial charge < -0.3 is 10.2 Å². The molecule has 0 aromatic carbocycles. The Bertz CT molecular complexity index is 265. The van der Waals surface area contributed by atoms with Crippen LogP contribution in [0.25, 0.3) is 0 Å². The molecule has 1 atom stereocenters. The largest absolute Gasteiger partial charge is 0.393 e. The standard InChI is InChI=1S/C16H28O3/c17-13-15(18)11-7-4-8-12-16(19)14-9-5-2-1-3-6-10-14/h7,11,14-15,17-18H,1-6,8-10,12-13H2/b11-7-/t15-/m1/s1. The smallest absolute Gasteiger partial charge is 0.135 e. The van der Waals surface area contributed by atoms with Gasteiger partial charge in [0.2, 0.25) is 0 Å². The van der Waals surface area contributed by atoms with Crippen LogP contribution in [-0.4, -0.2) is 28.7 Å². The molecule has 0 amide bonds. The molecule has 0 heterocycles. The van der Waals surface area contributed by atoms with Crippen molar-refractivity contribution >= 4 is 5.78 Å². The lowest BCUT2D eigenvalue weighted by atomic mass is 9.86. The Balaban J connectivity index is 2.16. The van der Waals surface area contributed by atoms with Gasteiger partial charge in [-0.25, -0.2) is 0 Å². The van der Waals surface area contributed by atoms with Gasteiger partial charge in [0.25, 0.3) is 0 Å². The Morgan fingerprint density at radius 1 is 1.16 bits per heavy atom. The Hall–Kier alpha value is -0.670. The van der Waals surface area contributed by atoms with E-state index in [1.165, 1.54) is 32.1 Å². The number of aliphatic hydroxyl groups is 2. The van der Waals surface area contributed by atoms with E-state index in [9.17, 15) is 4.79 Å². The van der Waals surface area contributed by atoms with Gasteiger partial charge >= 0.3 is 0 Å². The molecule has 1 fully saturated rings. The molecule has 0 unspecified atom stereocenters. The molecule has 0 aliphatic heterocycles. The SMILES string of the molecule is O=C(CCC/C=C\[C@@H](O)CO)C1CCCCCCC1. The van der Waals surface area contributed by atoms with Crippen LogP contribution in [0, 0.1) is 5.92 Å². The van der Waals surface area contributed by atoms with E-state index in [1.54, 1.807) is 6.08 Å².